The van der Waals surface area contributed by atoms with Crippen molar-refractivity contribution in [3.8, 4) is 0 Å². The number of benzene rings is 1. The molecule has 150 valence electrons. The van der Waals surface area contributed by atoms with Crippen molar-refractivity contribution in [2.75, 3.05) is 58.3 Å². The van der Waals surface area contributed by atoms with Gasteiger partial charge in [-0.25, -0.2) is 4.99 Å². The fourth-order valence-electron chi connectivity index (χ4n) is 3.10. The van der Waals surface area contributed by atoms with E-state index in [0.717, 1.165) is 45.1 Å². The van der Waals surface area contributed by atoms with Gasteiger partial charge in [-0.1, -0.05) is 30.3 Å². The number of nitrogens with zero attached hydrogens (tertiary/aromatic N) is 4. The van der Waals surface area contributed by atoms with Crippen LogP contribution in [-0.2, 0) is 11.2 Å². The molecular formula is C21H29N5OS. The second kappa shape index (κ2) is 10.1. The van der Waals surface area contributed by atoms with Crippen LogP contribution in [0.1, 0.15) is 5.56 Å². The van der Waals surface area contributed by atoms with Gasteiger partial charge < -0.3 is 20.0 Å². The first-order chi connectivity index (χ1) is 13.6. The molecule has 0 aliphatic carbocycles. The van der Waals surface area contributed by atoms with Crippen molar-refractivity contribution in [1.29, 1.82) is 0 Å². The molecule has 0 spiro atoms. The van der Waals surface area contributed by atoms with Crippen LogP contribution in [0.2, 0.25) is 0 Å². The van der Waals surface area contributed by atoms with Gasteiger partial charge in [-0.15, -0.1) is 11.3 Å². The normalized spacial score (nSPS) is 14.9. The van der Waals surface area contributed by atoms with E-state index in [-0.39, 0.29) is 12.5 Å². The number of carbonyl (C=O) groups is 1. The zero-order chi connectivity index (χ0) is 19.8. The summed E-state index contributed by atoms with van der Waals surface area (Å²) < 4.78 is 0. The minimum absolute atomic E-state index is 0.0135. The number of rotatable bonds is 6. The molecule has 28 heavy (non-hydrogen) atoms. The molecular weight excluding hydrogens is 370 g/mol. The van der Waals surface area contributed by atoms with Crippen molar-refractivity contribution in [2.45, 2.75) is 6.42 Å². The number of hydrogen-bond donors (Lipinski definition) is 1. The summed E-state index contributed by atoms with van der Waals surface area (Å²) in [4.78, 5) is 22.9. The molecule has 0 saturated carbocycles. The van der Waals surface area contributed by atoms with Gasteiger partial charge in [0.15, 0.2) is 5.96 Å². The highest BCUT2D eigenvalue weighted by Gasteiger charge is 2.20. The number of piperazine rings is 1. The number of anilines is 1. The average Bonchev–Trinajstić information content (AvgIpc) is 3.26. The van der Waals surface area contributed by atoms with Crippen LogP contribution < -0.4 is 10.2 Å². The Labute approximate surface area is 171 Å². The van der Waals surface area contributed by atoms with E-state index >= 15 is 0 Å². The molecule has 7 heteroatoms. The lowest BCUT2D eigenvalue weighted by Gasteiger charge is -2.37. The Morgan fingerprint density at radius 3 is 2.50 bits per heavy atom. The Kier molecular flexibility index (Phi) is 7.31. The van der Waals surface area contributed by atoms with Crippen LogP contribution in [0.4, 0.5) is 5.00 Å². The van der Waals surface area contributed by atoms with Crippen molar-refractivity contribution in [2.24, 2.45) is 4.99 Å². The van der Waals surface area contributed by atoms with Gasteiger partial charge in [0.25, 0.3) is 0 Å². The van der Waals surface area contributed by atoms with Crippen LogP contribution >= 0.6 is 11.3 Å². The molecule has 2 heterocycles. The second-order valence-electron chi connectivity index (χ2n) is 7.02. The Morgan fingerprint density at radius 1 is 1.11 bits per heavy atom. The largest absolute Gasteiger partial charge is 0.360 e. The molecule has 0 atom stereocenters. The maximum absolute atomic E-state index is 12.0. The van der Waals surface area contributed by atoms with Crippen molar-refractivity contribution < 1.29 is 4.79 Å². The van der Waals surface area contributed by atoms with E-state index in [4.69, 9.17) is 0 Å². The minimum Gasteiger partial charge on any atom is -0.360 e. The maximum atomic E-state index is 12.0. The summed E-state index contributed by atoms with van der Waals surface area (Å²) in [5.41, 5.74) is 1.29. The zero-order valence-electron chi connectivity index (χ0n) is 16.7. The SMILES string of the molecule is CN(C)C(=O)CN=C(NCCc1ccccc1)N1CCN(c2cccs2)CC1. The minimum atomic E-state index is 0.0135. The molecule has 1 aromatic heterocycles. The van der Waals surface area contributed by atoms with Crippen LogP contribution in [0, 0.1) is 0 Å². The van der Waals surface area contributed by atoms with Gasteiger partial charge in [0.2, 0.25) is 5.91 Å². The van der Waals surface area contributed by atoms with E-state index in [1.165, 1.54) is 10.6 Å². The lowest BCUT2D eigenvalue weighted by atomic mass is 10.1. The van der Waals surface area contributed by atoms with Crippen molar-refractivity contribution >= 4 is 28.2 Å². The topological polar surface area (TPSA) is 51.2 Å². The Balaban J connectivity index is 1.59. The molecule has 3 rings (SSSR count). The Bertz CT molecular complexity index is 752. The van der Waals surface area contributed by atoms with Gasteiger partial charge >= 0.3 is 0 Å². The molecule has 0 unspecified atom stereocenters. The van der Waals surface area contributed by atoms with Crippen LogP contribution in [0.5, 0.6) is 0 Å². The van der Waals surface area contributed by atoms with Crippen LogP contribution in [0.3, 0.4) is 0 Å². The number of carbonyl (C=O) groups excluding carboxylic acids is 1. The van der Waals surface area contributed by atoms with Crippen molar-refractivity contribution in [3.63, 3.8) is 0 Å². The fourth-order valence-corrected chi connectivity index (χ4v) is 3.89. The number of likely N-dealkylation sites (N-methyl/N-ethyl adjacent to an activating group) is 1. The first-order valence-corrected chi connectivity index (χ1v) is 10.6. The van der Waals surface area contributed by atoms with E-state index in [1.54, 1.807) is 30.3 Å². The van der Waals surface area contributed by atoms with E-state index < -0.39 is 0 Å². The predicted molar refractivity (Wildman–Crippen MR) is 117 cm³/mol. The first-order valence-electron chi connectivity index (χ1n) is 9.69. The zero-order valence-corrected chi connectivity index (χ0v) is 17.5. The molecule has 1 amide bonds. The highest BCUT2D eigenvalue weighted by molar-refractivity contribution is 7.14. The smallest absolute Gasteiger partial charge is 0.243 e. The molecule has 1 aliphatic heterocycles. The average molecular weight is 400 g/mol. The van der Waals surface area contributed by atoms with Gasteiger partial charge in [-0.2, -0.15) is 0 Å². The molecule has 0 bridgehead atoms. The molecule has 1 aromatic carbocycles. The highest BCUT2D eigenvalue weighted by Crippen LogP contribution is 2.22. The van der Waals surface area contributed by atoms with E-state index in [9.17, 15) is 4.79 Å². The molecule has 1 aliphatic rings. The van der Waals surface area contributed by atoms with Crippen LogP contribution in [0.15, 0.2) is 52.8 Å². The molecule has 1 fully saturated rings. The number of guanidine groups is 1. The highest BCUT2D eigenvalue weighted by atomic mass is 32.1. The van der Waals surface area contributed by atoms with E-state index in [0.29, 0.717) is 0 Å². The van der Waals surface area contributed by atoms with Crippen LogP contribution in [0.25, 0.3) is 0 Å². The summed E-state index contributed by atoms with van der Waals surface area (Å²) in [6, 6.07) is 14.7. The lowest BCUT2D eigenvalue weighted by molar-refractivity contribution is -0.127. The van der Waals surface area contributed by atoms with Gasteiger partial charge in [-0.3, -0.25) is 4.79 Å². The summed E-state index contributed by atoms with van der Waals surface area (Å²) in [6.07, 6.45) is 0.927. The summed E-state index contributed by atoms with van der Waals surface area (Å²) in [7, 11) is 3.53. The lowest BCUT2D eigenvalue weighted by Crippen LogP contribution is -2.53. The summed E-state index contributed by atoms with van der Waals surface area (Å²) >= 11 is 1.78. The number of amides is 1. The summed E-state index contributed by atoms with van der Waals surface area (Å²) in [6.45, 7) is 4.68. The third-order valence-electron chi connectivity index (χ3n) is 4.80. The van der Waals surface area contributed by atoms with E-state index in [1.807, 2.05) is 6.07 Å². The van der Waals surface area contributed by atoms with E-state index in [2.05, 4.69) is 61.9 Å². The Morgan fingerprint density at radius 2 is 1.86 bits per heavy atom. The van der Waals surface area contributed by atoms with Crippen molar-refractivity contribution in [1.82, 2.24) is 15.1 Å². The standard InChI is InChI=1S/C21H29N5OS/c1-24(2)19(27)17-23-21(22-11-10-18-7-4-3-5-8-18)26-14-12-25(13-15-26)20-9-6-16-28-20/h3-9,16H,10-15,17H2,1-2H3,(H,22,23). The van der Waals surface area contributed by atoms with Crippen LogP contribution in [-0.4, -0.2) is 75.0 Å². The number of aliphatic imine (C=N–C) groups is 1. The summed E-state index contributed by atoms with van der Waals surface area (Å²) in [5, 5.41) is 6.91. The molecule has 1 saturated heterocycles. The quantitative estimate of drug-likeness (QED) is 0.597. The van der Waals surface area contributed by atoms with Gasteiger partial charge in [0.05, 0.1) is 5.00 Å². The Hall–Kier alpha value is -2.54. The second-order valence-corrected chi connectivity index (χ2v) is 7.94. The van der Waals surface area contributed by atoms with Gasteiger partial charge in [-0.05, 0) is 29.5 Å². The van der Waals surface area contributed by atoms with Crippen molar-refractivity contribution in [3.05, 3.63) is 53.4 Å². The third kappa shape index (κ3) is 5.73. The number of thiophene rings is 1. The molecule has 2 aromatic rings. The predicted octanol–water partition coefficient (Wildman–Crippen LogP) is 2.15. The third-order valence-corrected chi connectivity index (χ3v) is 5.73. The molecule has 6 nitrogen and oxygen atoms in total. The van der Waals surface area contributed by atoms with Gasteiger partial charge in [0.1, 0.15) is 6.54 Å². The molecule has 1 N–H and O–H groups in total. The number of nitrogens with one attached hydrogen (secondary N) is 1. The maximum Gasteiger partial charge on any atom is 0.243 e. The molecule has 0 radical (unpaired) electrons. The number of hydrogen-bond acceptors (Lipinski definition) is 4. The monoisotopic (exact) mass is 399 g/mol. The van der Waals surface area contributed by atoms with Gasteiger partial charge in [0, 0.05) is 46.8 Å². The first kappa shape index (κ1) is 20.2. The summed E-state index contributed by atoms with van der Waals surface area (Å²) in [5.74, 6) is 0.844. The fraction of sp³-hybridized carbons (Fsp3) is 0.429.